The number of benzene rings is 1. The van der Waals surface area contributed by atoms with Gasteiger partial charge in [0.2, 0.25) is 0 Å². The van der Waals surface area contributed by atoms with Crippen LogP contribution in [0, 0.1) is 0 Å². The molecule has 1 aromatic carbocycles. The van der Waals surface area contributed by atoms with Crippen molar-refractivity contribution < 1.29 is 9.53 Å². The highest BCUT2D eigenvalue weighted by molar-refractivity contribution is 5.86. The van der Waals surface area contributed by atoms with Crippen LogP contribution in [-0.2, 0) is 4.79 Å². The highest BCUT2D eigenvalue weighted by Gasteiger charge is 2.12. The smallest absolute Gasteiger partial charge is 0.156 e. The van der Waals surface area contributed by atoms with Gasteiger partial charge in [-0.05, 0) is 37.2 Å². The van der Waals surface area contributed by atoms with Crippen LogP contribution in [0.4, 0.5) is 5.69 Å². The summed E-state index contributed by atoms with van der Waals surface area (Å²) in [6.45, 7) is 5.23. The minimum absolute atomic E-state index is 0.246. The lowest BCUT2D eigenvalue weighted by Gasteiger charge is -2.22. The van der Waals surface area contributed by atoms with E-state index in [2.05, 4.69) is 12.2 Å². The normalized spacial score (nSPS) is 14.5. The van der Waals surface area contributed by atoms with E-state index in [1.165, 1.54) is 12.8 Å². The number of hydrogen-bond donors (Lipinski definition) is 1. The molecular formula is C17H24N2O2. The molecule has 1 aliphatic rings. The Morgan fingerprint density at radius 2 is 2.05 bits per heavy atom. The van der Waals surface area contributed by atoms with Gasteiger partial charge in [0.25, 0.3) is 0 Å². The molecule has 1 N–H and O–H groups in total. The molecule has 0 unspecified atom stereocenters. The average molecular weight is 288 g/mol. The van der Waals surface area contributed by atoms with Crippen molar-refractivity contribution >= 4 is 11.5 Å². The molecule has 1 aromatic rings. The molecule has 1 heterocycles. The fourth-order valence-electron chi connectivity index (χ4n) is 2.20. The van der Waals surface area contributed by atoms with Gasteiger partial charge in [0.1, 0.15) is 12.4 Å². The Hall–Kier alpha value is -1.81. The molecule has 0 saturated heterocycles. The molecule has 4 nitrogen and oxygen atoms in total. The van der Waals surface area contributed by atoms with Gasteiger partial charge in [-0.15, -0.1) is 0 Å². The highest BCUT2D eigenvalue weighted by atomic mass is 16.5. The molecule has 114 valence electrons. The first-order valence-corrected chi connectivity index (χ1v) is 7.68. The van der Waals surface area contributed by atoms with E-state index >= 15 is 0 Å². The topological polar surface area (TPSA) is 41.6 Å². The van der Waals surface area contributed by atoms with Crippen molar-refractivity contribution in [2.24, 2.45) is 0 Å². The van der Waals surface area contributed by atoms with E-state index in [-0.39, 0.29) is 5.78 Å². The Morgan fingerprint density at radius 1 is 1.24 bits per heavy atom. The number of ketones is 1. The zero-order chi connectivity index (χ0) is 14.9. The Labute approximate surface area is 126 Å². The van der Waals surface area contributed by atoms with Gasteiger partial charge in [0.15, 0.2) is 5.78 Å². The van der Waals surface area contributed by atoms with Crippen molar-refractivity contribution in [1.29, 1.82) is 0 Å². The van der Waals surface area contributed by atoms with Gasteiger partial charge in [-0.1, -0.05) is 19.4 Å². The van der Waals surface area contributed by atoms with Gasteiger partial charge in [-0.25, -0.2) is 0 Å². The molecule has 0 spiro atoms. The molecule has 0 atom stereocenters. The highest BCUT2D eigenvalue weighted by Crippen LogP contribution is 2.21. The number of anilines is 1. The second-order valence-corrected chi connectivity index (χ2v) is 5.20. The molecule has 4 heteroatoms. The van der Waals surface area contributed by atoms with E-state index in [9.17, 15) is 4.79 Å². The molecule has 2 rings (SSSR count). The molecule has 0 bridgehead atoms. The summed E-state index contributed by atoms with van der Waals surface area (Å²) in [5, 5.41) is 3.34. The summed E-state index contributed by atoms with van der Waals surface area (Å²) in [5.74, 6) is 1.11. The lowest BCUT2D eigenvalue weighted by atomic mass is 10.2. The third-order valence-corrected chi connectivity index (χ3v) is 3.40. The van der Waals surface area contributed by atoms with Crippen LogP contribution in [0.5, 0.6) is 5.75 Å². The van der Waals surface area contributed by atoms with Gasteiger partial charge >= 0.3 is 0 Å². The average Bonchev–Trinajstić information content (AvgIpc) is 2.51. The second kappa shape index (κ2) is 8.47. The van der Waals surface area contributed by atoms with Crippen LogP contribution in [0.2, 0.25) is 0 Å². The van der Waals surface area contributed by atoms with Crippen LogP contribution in [0.25, 0.3) is 0 Å². The summed E-state index contributed by atoms with van der Waals surface area (Å²) >= 11 is 0. The molecule has 0 radical (unpaired) electrons. The Morgan fingerprint density at radius 3 is 2.76 bits per heavy atom. The van der Waals surface area contributed by atoms with E-state index in [4.69, 9.17) is 4.74 Å². The third-order valence-electron chi connectivity index (χ3n) is 3.40. The molecule has 0 aliphatic carbocycles. The van der Waals surface area contributed by atoms with Gasteiger partial charge in [0, 0.05) is 24.9 Å². The Kier molecular flexibility index (Phi) is 6.28. The summed E-state index contributed by atoms with van der Waals surface area (Å²) < 4.78 is 5.68. The summed E-state index contributed by atoms with van der Waals surface area (Å²) in [6, 6.07) is 7.88. The van der Waals surface area contributed by atoms with E-state index < -0.39 is 0 Å². The minimum atomic E-state index is 0.246. The van der Waals surface area contributed by atoms with Gasteiger partial charge in [0.05, 0.1) is 6.54 Å². The molecule has 0 saturated carbocycles. The van der Waals surface area contributed by atoms with Gasteiger partial charge in [-0.3, -0.25) is 4.79 Å². The fraction of sp³-hybridized carbons (Fsp3) is 0.471. The van der Waals surface area contributed by atoms with Crippen LogP contribution in [0.3, 0.4) is 0 Å². The predicted octanol–water partition coefficient (Wildman–Crippen LogP) is 2.75. The van der Waals surface area contributed by atoms with Crippen LogP contribution in [-0.4, -0.2) is 32.0 Å². The number of nitrogens with one attached hydrogen (secondary N) is 1. The van der Waals surface area contributed by atoms with Crippen LogP contribution >= 0.6 is 0 Å². The largest absolute Gasteiger partial charge is 0.492 e. The molecular weight excluding hydrogens is 264 g/mol. The predicted molar refractivity (Wildman–Crippen MR) is 85.8 cm³/mol. The van der Waals surface area contributed by atoms with Crippen molar-refractivity contribution in [3.05, 3.63) is 36.5 Å². The maximum absolute atomic E-state index is 11.4. The summed E-state index contributed by atoms with van der Waals surface area (Å²) in [6.07, 6.45) is 6.83. The quantitative estimate of drug-likeness (QED) is 0.747. The molecule has 0 aromatic heterocycles. The second-order valence-electron chi connectivity index (χ2n) is 5.20. The van der Waals surface area contributed by atoms with Crippen molar-refractivity contribution in [3.8, 4) is 5.75 Å². The maximum Gasteiger partial charge on any atom is 0.156 e. The van der Waals surface area contributed by atoms with E-state index in [1.807, 2.05) is 41.4 Å². The number of allylic oxidation sites excluding steroid dienone is 1. The number of ether oxygens (including phenoxy) is 1. The Bertz CT molecular complexity index is 468. The number of carbonyl (C=O) groups excluding carboxylic acids is 1. The number of Topliss-reactive ketones (excluding diaryl/α,β-unsaturated/α-hetero) is 1. The van der Waals surface area contributed by atoms with Crippen LogP contribution in [0.1, 0.15) is 26.2 Å². The monoisotopic (exact) mass is 288 g/mol. The number of rotatable bonds is 8. The Balaban J connectivity index is 1.75. The lowest BCUT2D eigenvalue weighted by Crippen LogP contribution is -2.27. The zero-order valence-electron chi connectivity index (χ0n) is 12.7. The van der Waals surface area contributed by atoms with E-state index in [0.29, 0.717) is 19.6 Å². The minimum Gasteiger partial charge on any atom is -0.492 e. The van der Waals surface area contributed by atoms with Crippen molar-refractivity contribution in [2.45, 2.75) is 26.2 Å². The molecule has 0 amide bonds. The van der Waals surface area contributed by atoms with Crippen LogP contribution in [0.15, 0.2) is 36.5 Å². The fourth-order valence-corrected chi connectivity index (χ4v) is 2.20. The summed E-state index contributed by atoms with van der Waals surface area (Å²) in [4.78, 5) is 13.4. The van der Waals surface area contributed by atoms with E-state index in [1.54, 1.807) is 0 Å². The first-order chi connectivity index (χ1) is 10.3. The lowest BCUT2D eigenvalue weighted by molar-refractivity contribution is -0.117. The summed E-state index contributed by atoms with van der Waals surface area (Å²) in [5.41, 5.74) is 1.02. The molecule has 21 heavy (non-hydrogen) atoms. The van der Waals surface area contributed by atoms with Gasteiger partial charge < -0.3 is 15.0 Å². The number of hydrogen-bond acceptors (Lipinski definition) is 4. The van der Waals surface area contributed by atoms with Crippen LogP contribution < -0.4 is 15.0 Å². The van der Waals surface area contributed by atoms with E-state index in [0.717, 1.165) is 24.5 Å². The van der Waals surface area contributed by atoms with Crippen molar-refractivity contribution in [1.82, 2.24) is 5.32 Å². The summed E-state index contributed by atoms with van der Waals surface area (Å²) in [7, 11) is 0. The number of unbranched alkanes of at least 4 members (excludes halogenated alkanes) is 1. The van der Waals surface area contributed by atoms with Crippen molar-refractivity contribution in [2.75, 3.05) is 31.1 Å². The third kappa shape index (κ3) is 5.23. The maximum atomic E-state index is 11.4. The number of nitrogens with zero attached hydrogens (tertiary/aromatic N) is 1. The number of carbonyl (C=O) groups is 1. The van der Waals surface area contributed by atoms with Gasteiger partial charge in [-0.2, -0.15) is 0 Å². The first kappa shape index (κ1) is 15.6. The zero-order valence-corrected chi connectivity index (χ0v) is 12.7. The van der Waals surface area contributed by atoms with Crippen molar-refractivity contribution in [3.63, 3.8) is 0 Å². The molecule has 0 fully saturated rings. The SMILES string of the molecule is CCCCNCCOc1ccc(N2C=CCC(=O)C2)cc1. The standard InChI is InChI=1S/C17H24N2O2/c1-2-3-10-18-11-13-21-17-8-6-15(7-9-17)19-12-4-5-16(20)14-19/h4,6-9,12,18H,2-3,5,10-11,13-14H2,1H3. The first-order valence-electron chi connectivity index (χ1n) is 7.68. The molecule has 1 aliphatic heterocycles.